The molecular formula is C19H37N7O6. The monoisotopic (exact) mass is 459 g/mol. The molecule has 0 rings (SSSR count). The van der Waals surface area contributed by atoms with Gasteiger partial charge in [0, 0.05) is 6.54 Å². The molecule has 3 amide bonds. The van der Waals surface area contributed by atoms with Crippen molar-refractivity contribution in [3.63, 3.8) is 0 Å². The molecular weight excluding hydrogens is 422 g/mol. The third-order valence-electron chi connectivity index (χ3n) is 4.47. The van der Waals surface area contributed by atoms with Crippen LogP contribution < -0.4 is 33.2 Å². The minimum absolute atomic E-state index is 0.0136. The highest BCUT2D eigenvalue weighted by Crippen LogP contribution is 2.07. The average molecular weight is 460 g/mol. The number of nitrogens with zero attached hydrogens (tertiary/aromatic N) is 1. The Bertz CT molecular complexity index is 679. The summed E-state index contributed by atoms with van der Waals surface area (Å²) in [6.45, 7) is 6.56. The van der Waals surface area contributed by atoms with Crippen LogP contribution in [-0.4, -0.2) is 76.7 Å². The summed E-state index contributed by atoms with van der Waals surface area (Å²) in [6, 6.07) is -4.50. The molecule has 0 spiro atoms. The van der Waals surface area contributed by atoms with Gasteiger partial charge >= 0.3 is 5.97 Å². The molecule has 0 aliphatic rings. The zero-order valence-electron chi connectivity index (χ0n) is 19.0. The Labute approximate surface area is 187 Å². The number of aliphatic carboxylic acids is 1. The standard InChI is InChI=1S/C19H37N7O6/c1-9(2)8-13(18(31)32)26-16(29)12(6-5-7-23-19(21)22)25-15(28)10(3)24-17(30)14(20)11(4)27/h9-14,27H,5-8,20H2,1-4H3,(H,24,30)(H,25,28)(H,26,29)(H,31,32)(H4,21,22,23). The SMILES string of the molecule is CC(C)CC(NC(=O)C(CCCN=C(N)N)NC(=O)C(C)NC(=O)C(N)C(C)O)C(=O)O. The van der Waals surface area contributed by atoms with Crippen molar-refractivity contribution in [1.82, 2.24) is 16.0 Å². The first-order valence-corrected chi connectivity index (χ1v) is 10.4. The third-order valence-corrected chi connectivity index (χ3v) is 4.47. The second-order valence-corrected chi connectivity index (χ2v) is 8.04. The zero-order chi connectivity index (χ0) is 25.0. The van der Waals surface area contributed by atoms with Crippen molar-refractivity contribution in [2.24, 2.45) is 28.1 Å². The molecule has 0 fully saturated rings. The summed E-state index contributed by atoms with van der Waals surface area (Å²) < 4.78 is 0. The molecule has 13 heteroatoms. The van der Waals surface area contributed by atoms with Gasteiger partial charge in [-0.1, -0.05) is 13.8 Å². The predicted molar refractivity (Wildman–Crippen MR) is 118 cm³/mol. The number of nitrogens with two attached hydrogens (primary N) is 3. The summed E-state index contributed by atoms with van der Waals surface area (Å²) in [7, 11) is 0. The van der Waals surface area contributed by atoms with E-state index in [2.05, 4.69) is 20.9 Å². The zero-order valence-corrected chi connectivity index (χ0v) is 19.0. The van der Waals surface area contributed by atoms with Crippen molar-refractivity contribution in [1.29, 1.82) is 0 Å². The van der Waals surface area contributed by atoms with E-state index in [0.29, 0.717) is 6.42 Å². The summed E-state index contributed by atoms with van der Waals surface area (Å²) in [4.78, 5) is 52.5. The van der Waals surface area contributed by atoms with Crippen LogP contribution in [0.4, 0.5) is 0 Å². The fraction of sp³-hybridized carbons (Fsp3) is 0.737. The number of hydrogen-bond acceptors (Lipinski definition) is 7. The second-order valence-electron chi connectivity index (χ2n) is 8.04. The van der Waals surface area contributed by atoms with E-state index in [1.165, 1.54) is 13.8 Å². The summed E-state index contributed by atoms with van der Waals surface area (Å²) in [5.74, 6) is -3.41. The molecule has 0 aliphatic heterocycles. The number of carbonyl (C=O) groups is 4. The first-order valence-electron chi connectivity index (χ1n) is 10.4. The number of carboxylic acids is 1. The highest BCUT2D eigenvalue weighted by atomic mass is 16.4. The fourth-order valence-electron chi connectivity index (χ4n) is 2.63. The van der Waals surface area contributed by atoms with E-state index in [1.807, 2.05) is 13.8 Å². The fourth-order valence-corrected chi connectivity index (χ4v) is 2.63. The van der Waals surface area contributed by atoms with Gasteiger partial charge in [-0.3, -0.25) is 19.4 Å². The molecule has 0 heterocycles. The van der Waals surface area contributed by atoms with Crippen LogP contribution in [0.5, 0.6) is 0 Å². The molecule has 5 unspecified atom stereocenters. The van der Waals surface area contributed by atoms with Gasteiger partial charge in [-0.15, -0.1) is 0 Å². The summed E-state index contributed by atoms with van der Waals surface area (Å²) in [5.41, 5.74) is 16.1. The molecule has 0 saturated carbocycles. The summed E-state index contributed by atoms with van der Waals surface area (Å²) >= 11 is 0. The van der Waals surface area contributed by atoms with Crippen molar-refractivity contribution in [3.05, 3.63) is 0 Å². The number of carbonyl (C=O) groups excluding carboxylic acids is 3. The van der Waals surface area contributed by atoms with Gasteiger partial charge in [-0.05, 0) is 39.0 Å². The highest BCUT2D eigenvalue weighted by molar-refractivity contribution is 5.94. The average Bonchev–Trinajstić information content (AvgIpc) is 2.67. The molecule has 0 saturated heterocycles. The van der Waals surface area contributed by atoms with Gasteiger partial charge in [0.1, 0.15) is 24.2 Å². The molecule has 0 aliphatic carbocycles. The molecule has 0 bridgehead atoms. The number of carboxylic acid groups (broad SMARTS) is 1. The predicted octanol–water partition coefficient (Wildman–Crippen LogP) is -2.65. The van der Waals surface area contributed by atoms with E-state index in [0.717, 1.165) is 0 Å². The van der Waals surface area contributed by atoms with Crippen LogP contribution in [0.3, 0.4) is 0 Å². The Morgan fingerprint density at radius 2 is 1.47 bits per heavy atom. The van der Waals surface area contributed by atoms with E-state index in [1.54, 1.807) is 0 Å². The minimum atomic E-state index is -1.23. The lowest BCUT2D eigenvalue weighted by molar-refractivity contribution is -0.142. The molecule has 32 heavy (non-hydrogen) atoms. The number of aliphatic hydroxyl groups is 1. The Kier molecular flexibility index (Phi) is 12.9. The van der Waals surface area contributed by atoms with Gasteiger partial charge < -0.3 is 43.4 Å². The van der Waals surface area contributed by atoms with Crippen molar-refractivity contribution in [2.75, 3.05) is 6.54 Å². The second kappa shape index (κ2) is 14.2. The molecule has 184 valence electrons. The first kappa shape index (κ1) is 29.1. The van der Waals surface area contributed by atoms with E-state index < -0.39 is 54.0 Å². The number of nitrogens with one attached hydrogen (secondary N) is 3. The quantitative estimate of drug-likeness (QED) is 0.0768. The molecule has 11 N–H and O–H groups in total. The van der Waals surface area contributed by atoms with Crippen LogP contribution in [0, 0.1) is 5.92 Å². The minimum Gasteiger partial charge on any atom is -0.480 e. The molecule has 0 radical (unpaired) electrons. The van der Waals surface area contributed by atoms with E-state index in [4.69, 9.17) is 17.2 Å². The number of aliphatic hydroxyl groups excluding tert-OH is 1. The Morgan fingerprint density at radius 1 is 0.906 bits per heavy atom. The first-order chi connectivity index (χ1) is 14.8. The van der Waals surface area contributed by atoms with Crippen LogP contribution in [0.25, 0.3) is 0 Å². The normalized spacial score (nSPS) is 15.6. The Balaban J connectivity index is 5.27. The maximum Gasteiger partial charge on any atom is 0.326 e. The summed E-state index contributed by atoms with van der Waals surface area (Å²) in [5, 5.41) is 26.1. The van der Waals surface area contributed by atoms with Crippen LogP contribution in [0.1, 0.15) is 47.0 Å². The van der Waals surface area contributed by atoms with Gasteiger partial charge in [0.25, 0.3) is 0 Å². The van der Waals surface area contributed by atoms with Crippen molar-refractivity contribution < 1.29 is 29.4 Å². The molecule has 13 nitrogen and oxygen atoms in total. The van der Waals surface area contributed by atoms with Crippen LogP contribution in [0.2, 0.25) is 0 Å². The highest BCUT2D eigenvalue weighted by Gasteiger charge is 2.29. The summed E-state index contributed by atoms with van der Waals surface area (Å²) in [6.07, 6.45) is -0.463. The lowest BCUT2D eigenvalue weighted by atomic mass is 10.0. The van der Waals surface area contributed by atoms with Crippen LogP contribution >= 0.6 is 0 Å². The van der Waals surface area contributed by atoms with Gasteiger partial charge in [-0.25, -0.2) is 4.79 Å². The lowest BCUT2D eigenvalue weighted by Gasteiger charge is -2.24. The maximum atomic E-state index is 12.7. The van der Waals surface area contributed by atoms with Crippen molar-refractivity contribution in [3.8, 4) is 0 Å². The van der Waals surface area contributed by atoms with Crippen molar-refractivity contribution >= 4 is 29.7 Å². The van der Waals surface area contributed by atoms with Gasteiger partial charge in [0.15, 0.2) is 5.96 Å². The van der Waals surface area contributed by atoms with Gasteiger partial charge in [0.05, 0.1) is 6.10 Å². The number of rotatable bonds is 14. The van der Waals surface area contributed by atoms with Gasteiger partial charge in [0.2, 0.25) is 17.7 Å². The maximum absolute atomic E-state index is 12.7. The van der Waals surface area contributed by atoms with Gasteiger partial charge in [-0.2, -0.15) is 0 Å². The van der Waals surface area contributed by atoms with Crippen LogP contribution in [-0.2, 0) is 19.2 Å². The molecule has 0 aromatic heterocycles. The Hall–Kier alpha value is -2.93. The number of hydrogen-bond donors (Lipinski definition) is 8. The van der Waals surface area contributed by atoms with Crippen LogP contribution in [0.15, 0.2) is 4.99 Å². The topological polar surface area (TPSA) is 235 Å². The molecule has 0 aromatic carbocycles. The number of guanidine groups is 1. The lowest BCUT2D eigenvalue weighted by Crippen LogP contribution is -2.57. The van der Waals surface area contributed by atoms with E-state index >= 15 is 0 Å². The Morgan fingerprint density at radius 3 is 1.94 bits per heavy atom. The number of amides is 3. The van der Waals surface area contributed by atoms with Crippen molar-refractivity contribution in [2.45, 2.75) is 77.2 Å². The van der Waals surface area contributed by atoms with E-state index in [9.17, 15) is 29.4 Å². The third kappa shape index (κ3) is 11.5. The number of aliphatic imine (C=N–C) groups is 1. The molecule has 5 atom stereocenters. The largest absolute Gasteiger partial charge is 0.480 e. The smallest absolute Gasteiger partial charge is 0.326 e. The van der Waals surface area contributed by atoms with E-state index in [-0.39, 0.29) is 31.3 Å². The molecule has 0 aromatic rings.